The van der Waals surface area contributed by atoms with Crippen molar-refractivity contribution < 1.29 is 14.3 Å². The Balaban J connectivity index is 0.000000476. The molecule has 8 rings (SSSR count). The molecule has 0 aliphatic carbocycles. The average molecular weight is 1180 g/mol. The molecule has 14 nitrogen and oxygen atoms in total. The van der Waals surface area contributed by atoms with Crippen LogP contribution in [0, 0.1) is 47.3 Å². The maximum Gasteiger partial charge on any atom is 0.225 e. The van der Waals surface area contributed by atoms with E-state index in [2.05, 4.69) is 209 Å². The summed E-state index contributed by atoms with van der Waals surface area (Å²) < 4.78 is 11.3. The van der Waals surface area contributed by atoms with Crippen LogP contribution >= 0.6 is 0 Å². The molecule has 0 aromatic carbocycles. The number of morpholine rings is 1. The van der Waals surface area contributed by atoms with Gasteiger partial charge in [-0.2, -0.15) is 0 Å². The van der Waals surface area contributed by atoms with Crippen LogP contribution in [0.1, 0.15) is 162 Å². The van der Waals surface area contributed by atoms with Gasteiger partial charge < -0.3 is 63.4 Å². The van der Waals surface area contributed by atoms with E-state index in [9.17, 15) is 4.79 Å². The minimum absolute atomic E-state index is 0.147. The summed E-state index contributed by atoms with van der Waals surface area (Å²) >= 11 is 0. The van der Waals surface area contributed by atoms with Crippen molar-refractivity contribution in [2.75, 3.05) is 201 Å². The second kappa shape index (κ2) is 44.4. The molecule has 8 saturated heterocycles. The zero-order chi connectivity index (χ0) is 62.9. The molecule has 0 aromatic rings. The predicted molar refractivity (Wildman–Crippen MR) is 361 cm³/mol. The first-order valence-electron chi connectivity index (χ1n) is 34.4. The van der Waals surface area contributed by atoms with Crippen LogP contribution in [0.4, 0.5) is 0 Å². The molecule has 0 saturated carbocycles. The highest BCUT2D eigenvalue weighted by molar-refractivity contribution is 5.78. The second-order valence-corrected chi connectivity index (χ2v) is 29.8. The van der Waals surface area contributed by atoms with Crippen molar-refractivity contribution in [2.24, 2.45) is 47.3 Å². The topological polar surface area (TPSA) is 71.2 Å². The summed E-state index contributed by atoms with van der Waals surface area (Å²) in [5.74, 6) is 6.49. The molecule has 8 aliphatic heterocycles. The summed E-state index contributed by atoms with van der Waals surface area (Å²) in [7, 11) is 19.6. The molecule has 3 unspecified atom stereocenters. The maximum atomic E-state index is 11.5. The Kier molecular flexibility index (Phi) is 42.8. The standard InChI is InChI=1S/C10H22N2.C9H18N2O.C9H20N2.C9H19NO.C9H19N.C8H17NO.C8H17N.C7H15N/c1-9(2)12-7-5-10(6-8-12)11(3)4;1-8(2)9(12)11-6-4-10(3)5-7-11;1-9(2)8-11-6-4-10(3)5-7-11;1-8(2)11-9-4-6-10(3)7-5-9;1-8(2)9-6-4-5-7-10(9)3;1-7(2)8-6-9(3)4-5-10-8;1-7(2)8-4-5-9(3)6-8;1-6(2)7-4-8(3)5-7/h9-10H,5-8H2,1-4H3;8H,4-7H2,1-3H3;9H,4-8H2,1-3H3;8-9H,4-7H2,1-3H3;8-9H,4-7H2,1-3H3;7-8H,4-6H2,1-3H3;7-8H,4-6H2,1-3H3;6-7H,4-5H2,1-3H3. The van der Waals surface area contributed by atoms with Crippen LogP contribution in [0.2, 0.25) is 0 Å². The lowest BCUT2D eigenvalue weighted by atomic mass is 9.89. The monoisotopic (exact) mass is 1180 g/mol. The van der Waals surface area contributed by atoms with Gasteiger partial charge in [0.15, 0.2) is 0 Å². The van der Waals surface area contributed by atoms with Gasteiger partial charge in [-0.05, 0) is 204 Å². The van der Waals surface area contributed by atoms with Gasteiger partial charge in [0.05, 0.1) is 24.9 Å². The molecule has 14 heteroatoms. The third-order valence-electron chi connectivity index (χ3n) is 18.7. The van der Waals surface area contributed by atoms with Crippen molar-refractivity contribution in [3.05, 3.63) is 0 Å². The first-order chi connectivity index (χ1) is 38.9. The molecule has 1 amide bonds. The highest BCUT2D eigenvalue weighted by atomic mass is 16.5. The average Bonchev–Trinajstić information content (AvgIpc) is 3.87. The Morgan fingerprint density at radius 3 is 1.33 bits per heavy atom. The van der Waals surface area contributed by atoms with Gasteiger partial charge in [0.1, 0.15) is 0 Å². The zero-order valence-electron chi connectivity index (χ0n) is 60.2. The Morgan fingerprint density at radius 1 is 0.482 bits per heavy atom. The molecule has 8 fully saturated rings. The van der Waals surface area contributed by atoms with Crippen molar-refractivity contribution in [2.45, 2.75) is 199 Å². The zero-order valence-corrected chi connectivity index (χ0v) is 60.2. The minimum atomic E-state index is 0.147. The van der Waals surface area contributed by atoms with Crippen molar-refractivity contribution in [3.63, 3.8) is 0 Å². The van der Waals surface area contributed by atoms with Crippen LogP contribution in [0.15, 0.2) is 0 Å². The summed E-state index contributed by atoms with van der Waals surface area (Å²) in [5.41, 5.74) is 0. The molecular formula is C69H147N11O3. The molecule has 0 N–H and O–H groups in total. The van der Waals surface area contributed by atoms with E-state index in [1.807, 2.05) is 18.7 Å². The lowest BCUT2D eigenvalue weighted by molar-refractivity contribution is -0.136. The number of likely N-dealkylation sites (N-methyl/N-ethyl adjacent to an activating group) is 3. The van der Waals surface area contributed by atoms with E-state index < -0.39 is 0 Å². The molecule has 8 aliphatic rings. The number of nitrogens with zero attached hydrogens (tertiary/aromatic N) is 11. The number of hydrogen-bond acceptors (Lipinski definition) is 13. The van der Waals surface area contributed by atoms with Crippen LogP contribution in [0.5, 0.6) is 0 Å². The van der Waals surface area contributed by atoms with Gasteiger partial charge in [-0.15, -0.1) is 0 Å². The van der Waals surface area contributed by atoms with Gasteiger partial charge in [0.2, 0.25) is 5.91 Å². The Hall–Kier alpha value is -1.01. The van der Waals surface area contributed by atoms with Crippen molar-refractivity contribution in [1.29, 1.82) is 0 Å². The number of carbonyl (C=O) groups is 1. The van der Waals surface area contributed by atoms with E-state index in [-0.39, 0.29) is 5.92 Å². The van der Waals surface area contributed by atoms with Crippen molar-refractivity contribution in [3.8, 4) is 0 Å². The fourth-order valence-corrected chi connectivity index (χ4v) is 12.2. The maximum absolute atomic E-state index is 11.5. The third kappa shape index (κ3) is 36.9. The van der Waals surface area contributed by atoms with Gasteiger partial charge >= 0.3 is 0 Å². The number of rotatable bonds is 11. The number of amides is 1. The number of ether oxygens (including phenoxy) is 2. The fourth-order valence-electron chi connectivity index (χ4n) is 12.2. The van der Waals surface area contributed by atoms with E-state index in [0.29, 0.717) is 30.1 Å². The molecule has 496 valence electrons. The van der Waals surface area contributed by atoms with Crippen LogP contribution < -0.4 is 0 Å². The largest absolute Gasteiger partial charge is 0.375 e. The van der Waals surface area contributed by atoms with Crippen LogP contribution in [0.25, 0.3) is 0 Å². The van der Waals surface area contributed by atoms with E-state index in [0.717, 1.165) is 99.5 Å². The van der Waals surface area contributed by atoms with Crippen LogP contribution in [0.3, 0.4) is 0 Å². The first-order valence-corrected chi connectivity index (χ1v) is 34.4. The molecule has 8 heterocycles. The normalized spacial score (nSPS) is 24.9. The number of carbonyl (C=O) groups excluding carboxylic acids is 1. The smallest absolute Gasteiger partial charge is 0.225 e. The van der Waals surface area contributed by atoms with Gasteiger partial charge in [0.25, 0.3) is 0 Å². The molecule has 83 heavy (non-hydrogen) atoms. The fraction of sp³-hybridized carbons (Fsp3) is 0.986. The van der Waals surface area contributed by atoms with Gasteiger partial charge in [-0.25, -0.2) is 0 Å². The molecule has 0 aromatic heterocycles. The van der Waals surface area contributed by atoms with Gasteiger partial charge in [0, 0.05) is 129 Å². The lowest BCUT2D eigenvalue weighted by Crippen LogP contribution is -2.48. The molecule has 0 spiro atoms. The quantitative estimate of drug-likeness (QED) is 0.197. The van der Waals surface area contributed by atoms with E-state index >= 15 is 0 Å². The number of piperidine rings is 3. The number of likely N-dealkylation sites (tertiary alicyclic amines) is 5. The Labute approximate surface area is 518 Å². The number of piperazine rings is 2. The summed E-state index contributed by atoms with van der Waals surface area (Å²) in [4.78, 5) is 37.6. The van der Waals surface area contributed by atoms with Gasteiger partial charge in [-0.3, -0.25) is 4.79 Å². The summed E-state index contributed by atoms with van der Waals surface area (Å²) in [6.45, 7) is 60.3. The lowest BCUT2D eigenvalue weighted by Gasteiger charge is -2.38. The highest BCUT2D eigenvalue weighted by Gasteiger charge is 2.27. The summed E-state index contributed by atoms with van der Waals surface area (Å²) in [6, 6.07) is 2.40. The van der Waals surface area contributed by atoms with Crippen LogP contribution in [-0.2, 0) is 14.3 Å². The molecule has 0 radical (unpaired) electrons. The minimum Gasteiger partial charge on any atom is -0.375 e. The Bertz CT molecular complexity index is 1490. The highest BCUT2D eigenvalue weighted by Crippen LogP contribution is 2.24. The predicted octanol–water partition coefficient (Wildman–Crippen LogP) is 10.1. The van der Waals surface area contributed by atoms with Crippen LogP contribution in [-0.4, -0.2) is 297 Å². The van der Waals surface area contributed by atoms with E-state index in [4.69, 9.17) is 9.47 Å². The first kappa shape index (κ1) is 80.0. The summed E-state index contributed by atoms with van der Waals surface area (Å²) in [6.07, 6.45) is 12.1. The van der Waals surface area contributed by atoms with Gasteiger partial charge in [-0.1, -0.05) is 89.5 Å². The third-order valence-corrected chi connectivity index (χ3v) is 18.7. The SMILES string of the molecule is CC(C)C(=O)N1CCN(C)CC1.CC(C)C1CCCCN1C.CC(C)C1CCN(C)C1.CC(C)C1CN(C)C1.CC(C)C1CN(C)CCO1.CC(C)CN1CCN(C)CC1.CC(C)N1CCC(N(C)C)CC1.CC(C)OC1CCN(C)CC1. The Morgan fingerprint density at radius 2 is 0.976 bits per heavy atom. The van der Waals surface area contributed by atoms with E-state index in [1.54, 1.807) is 0 Å². The molecule has 3 atom stereocenters. The molecule has 0 bridgehead atoms. The van der Waals surface area contributed by atoms with E-state index in [1.165, 1.54) is 143 Å². The van der Waals surface area contributed by atoms with Crippen molar-refractivity contribution >= 4 is 5.91 Å². The summed E-state index contributed by atoms with van der Waals surface area (Å²) in [5, 5.41) is 0. The van der Waals surface area contributed by atoms with Crippen molar-refractivity contribution in [1.82, 2.24) is 53.9 Å². The second-order valence-electron chi connectivity index (χ2n) is 29.8. The number of hydrogen-bond donors (Lipinski definition) is 0. The molecular weight excluding hydrogens is 1030 g/mol.